The smallest absolute Gasteiger partial charge is 0.410 e. The van der Waals surface area contributed by atoms with Crippen molar-refractivity contribution in [2.24, 2.45) is 0 Å². The summed E-state index contributed by atoms with van der Waals surface area (Å²) in [5.41, 5.74) is 0.859. The molecule has 1 atom stereocenters. The summed E-state index contributed by atoms with van der Waals surface area (Å²) in [5, 5.41) is 4.13. The highest BCUT2D eigenvalue weighted by Crippen LogP contribution is 2.36. The van der Waals surface area contributed by atoms with Crippen LogP contribution in [0.3, 0.4) is 0 Å². The van der Waals surface area contributed by atoms with Crippen LogP contribution in [0.5, 0.6) is 5.88 Å². The van der Waals surface area contributed by atoms with Gasteiger partial charge in [-0.1, -0.05) is 5.16 Å². The molecule has 0 N–H and O–H groups in total. The Kier molecular flexibility index (Phi) is 4.65. The Morgan fingerprint density at radius 1 is 1.40 bits per heavy atom. The maximum Gasteiger partial charge on any atom is 0.410 e. The quantitative estimate of drug-likeness (QED) is 0.841. The molecule has 7 heteroatoms. The van der Waals surface area contributed by atoms with E-state index >= 15 is 0 Å². The fraction of sp³-hybridized carbons (Fsp3) is 0.500. The van der Waals surface area contributed by atoms with Gasteiger partial charge in [0.25, 0.3) is 0 Å². The second-order valence-electron chi connectivity index (χ2n) is 7.01. The van der Waals surface area contributed by atoms with Gasteiger partial charge in [-0.15, -0.1) is 0 Å². The molecule has 3 heterocycles. The molecule has 0 bridgehead atoms. The third kappa shape index (κ3) is 3.75. The van der Waals surface area contributed by atoms with Crippen molar-refractivity contribution in [2.45, 2.75) is 45.3 Å². The number of likely N-dealkylation sites (tertiary alicyclic amines) is 1. The van der Waals surface area contributed by atoms with E-state index in [9.17, 15) is 4.79 Å². The van der Waals surface area contributed by atoms with Crippen molar-refractivity contribution in [3.8, 4) is 17.1 Å². The second-order valence-corrected chi connectivity index (χ2v) is 7.01. The standard InChI is InChI=1S/C18H23N3O4/c1-18(2,3)24-17(22)21-10-6-8-14(21)15-11-13(20-25-15)12-7-5-9-19-16(12)23-4/h5,7,9,11,14H,6,8,10H2,1-4H3. The minimum Gasteiger partial charge on any atom is -0.481 e. The van der Waals surface area contributed by atoms with Crippen LogP contribution in [0.25, 0.3) is 11.3 Å². The van der Waals surface area contributed by atoms with Crippen molar-refractivity contribution in [2.75, 3.05) is 13.7 Å². The largest absolute Gasteiger partial charge is 0.481 e. The van der Waals surface area contributed by atoms with E-state index in [0.29, 0.717) is 23.9 Å². The molecule has 25 heavy (non-hydrogen) atoms. The molecule has 0 radical (unpaired) electrons. The molecule has 2 aromatic heterocycles. The van der Waals surface area contributed by atoms with Crippen molar-refractivity contribution < 1.29 is 18.8 Å². The first-order valence-electron chi connectivity index (χ1n) is 8.34. The van der Waals surface area contributed by atoms with Crippen LogP contribution in [-0.2, 0) is 4.74 Å². The zero-order valence-electron chi connectivity index (χ0n) is 15.0. The summed E-state index contributed by atoms with van der Waals surface area (Å²) in [6.45, 7) is 6.22. The predicted octanol–water partition coefficient (Wildman–Crippen LogP) is 3.82. The number of hydrogen-bond donors (Lipinski definition) is 0. The highest BCUT2D eigenvalue weighted by Gasteiger charge is 2.35. The van der Waals surface area contributed by atoms with E-state index in [1.807, 2.05) is 39.0 Å². The van der Waals surface area contributed by atoms with Crippen molar-refractivity contribution in [1.82, 2.24) is 15.0 Å². The molecule has 1 saturated heterocycles. The lowest BCUT2D eigenvalue weighted by molar-refractivity contribution is 0.0204. The summed E-state index contributed by atoms with van der Waals surface area (Å²) in [4.78, 5) is 18.3. The van der Waals surface area contributed by atoms with Crippen LogP contribution in [0.2, 0.25) is 0 Å². The first-order chi connectivity index (χ1) is 11.9. The molecule has 0 saturated carbocycles. The molecule has 1 unspecified atom stereocenters. The summed E-state index contributed by atoms with van der Waals surface area (Å²) in [6.07, 6.45) is 3.05. The van der Waals surface area contributed by atoms with E-state index in [1.165, 1.54) is 0 Å². The van der Waals surface area contributed by atoms with Gasteiger partial charge in [-0.3, -0.25) is 4.90 Å². The lowest BCUT2D eigenvalue weighted by Gasteiger charge is -2.27. The number of aromatic nitrogens is 2. The van der Waals surface area contributed by atoms with Gasteiger partial charge < -0.3 is 14.0 Å². The van der Waals surface area contributed by atoms with Gasteiger partial charge in [0.05, 0.1) is 18.7 Å². The zero-order chi connectivity index (χ0) is 18.0. The van der Waals surface area contributed by atoms with Gasteiger partial charge in [0.1, 0.15) is 11.3 Å². The van der Waals surface area contributed by atoms with Gasteiger partial charge in [-0.2, -0.15) is 0 Å². The van der Waals surface area contributed by atoms with Crippen molar-refractivity contribution in [3.05, 3.63) is 30.2 Å². The Balaban J connectivity index is 1.83. The zero-order valence-corrected chi connectivity index (χ0v) is 15.0. The number of carbonyl (C=O) groups excluding carboxylic acids is 1. The number of nitrogens with zero attached hydrogens (tertiary/aromatic N) is 3. The normalized spacial score (nSPS) is 17.6. The van der Waals surface area contributed by atoms with Crippen LogP contribution >= 0.6 is 0 Å². The van der Waals surface area contributed by atoms with E-state index in [-0.39, 0.29) is 12.1 Å². The van der Waals surface area contributed by atoms with Crippen LogP contribution < -0.4 is 4.74 Å². The number of ether oxygens (including phenoxy) is 2. The number of carbonyl (C=O) groups is 1. The number of methoxy groups -OCH3 is 1. The Morgan fingerprint density at radius 3 is 2.92 bits per heavy atom. The summed E-state index contributed by atoms with van der Waals surface area (Å²) >= 11 is 0. The molecule has 0 spiro atoms. The second kappa shape index (κ2) is 6.74. The highest BCUT2D eigenvalue weighted by atomic mass is 16.6. The van der Waals surface area contributed by atoms with Crippen LogP contribution in [0.1, 0.15) is 45.4 Å². The molecule has 3 rings (SSSR count). The number of pyridine rings is 1. The topological polar surface area (TPSA) is 77.7 Å². The molecular formula is C18H23N3O4. The average Bonchev–Trinajstić information content (AvgIpc) is 3.22. The van der Waals surface area contributed by atoms with Crippen LogP contribution in [0.4, 0.5) is 4.79 Å². The van der Waals surface area contributed by atoms with Gasteiger partial charge >= 0.3 is 6.09 Å². The Bertz CT molecular complexity index is 751. The Hall–Kier alpha value is -2.57. The maximum absolute atomic E-state index is 12.4. The highest BCUT2D eigenvalue weighted by molar-refractivity contribution is 5.69. The SMILES string of the molecule is COc1ncccc1-c1cc(C2CCCN2C(=O)OC(C)(C)C)on1. The number of rotatable bonds is 3. The number of amides is 1. The molecule has 134 valence electrons. The monoisotopic (exact) mass is 345 g/mol. The van der Waals surface area contributed by atoms with Crippen LogP contribution in [0.15, 0.2) is 28.9 Å². The van der Waals surface area contributed by atoms with Crippen molar-refractivity contribution >= 4 is 6.09 Å². The molecule has 1 fully saturated rings. The summed E-state index contributed by atoms with van der Waals surface area (Å²) < 4.78 is 16.3. The van der Waals surface area contributed by atoms with Gasteiger partial charge in [-0.05, 0) is 45.7 Å². The number of hydrogen-bond acceptors (Lipinski definition) is 6. The molecule has 0 aromatic carbocycles. The summed E-state index contributed by atoms with van der Waals surface area (Å²) in [6, 6.07) is 5.36. The molecule has 1 aliphatic rings. The van der Waals surface area contributed by atoms with E-state index < -0.39 is 5.60 Å². The summed E-state index contributed by atoms with van der Waals surface area (Å²) in [5.74, 6) is 1.13. The Morgan fingerprint density at radius 2 is 2.20 bits per heavy atom. The minimum atomic E-state index is -0.528. The lowest BCUT2D eigenvalue weighted by Crippen LogP contribution is -2.36. The molecule has 0 aliphatic carbocycles. The van der Waals surface area contributed by atoms with E-state index in [1.54, 1.807) is 18.2 Å². The van der Waals surface area contributed by atoms with E-state index in [4.69, 9.17) is 14.0 Å². The van der Waals surface area contributed by atoms with Crippen molar-refractivity contribution in [3.63, 3.8) is 0 Å². The van der Waals surface area contributed by atoms with Crippen LogP contribution in [-0.4, -0.2) is 40.4 Å². The van der Waals surface area contributed by atoms with Crippen molar-refractivity contribution in [1.29, 1.82) is 0 Å². The summed E-state index contributed by atoms with van der Waals surface area (Å²) in [7, 11) is 1.56. The van der Waals surface area contributed by atoms with Crippen LogP contribution in [0, 0.1) is 0 Å². The third-order valence-electron chi connectivity index (χ3n) is 3.98. The molecular weight excluding hydrogens is 322 g/mol. The fourth-order valence-electron chi connectivity index (χ4n) is 2.92. The lowest BCUT2D eigenvalue weighted by atomic mass is 10.1. The van der Waals surface area contributed by atoms with Gasteiger partial charge in [-0.25, -0.2) is 9.78 Å². The third-order valence-corrected chi connectivity index (χ3v) is 3.98. The van der Waals surface area contributed by atoms with E-state index in [0.717, 1.165) is 18.4 Å². The van der Waals surface area contributed by atoms with Gasteiger partial charge in [0, 0.05) is 18.8 Å². The first kappa shape index (κ1) is 17.3. The van der Waals surface area contributed by atoms with E-state index in [2.05, 4.69) is 10.1 Å². The molecule has 2 aromatic rings. The van der Waals surface area contributed by atoms with Gasteiger partial charge in [0.15, 0.2) is 5.76 Å². The molecule has 1 amide bonds. The fourth-order valence-corrected chi connectivity index (χ4v) is 2.92. The first-order valence-corrected chi connectivity index (χ1v) is 8.34. The molecule has 1 aliphatic heterocycles. The Labute approximate surface area is 146 Å². The predicted molar refractivity (Wildman–Crippen MR) is 91.2 cm³/mol. The average molecular weight is 345 g/mol. The van der Waals surface area contributed by atoms with Gasteiger partial charge in [0.2, 0.25) is 5.88 Å². The maximum atomic E-state index is 12.4. The minimum absolute atomic E-state index is 0.168. The molecule has 7 nitrogen and oxygen atoms in total.